The Bertz CT molecular complexity index is 731. The minimum atomic E-state index is -0.165. The number of aromatic nitrogens is 3. The number of rotatable bonds is 3. The minimum absolute atomic E-state index is 0.165. The zero-order valence-corrected chi connectivity index (χ0v) is 10.7. The van der Waals surface area contributed by atoms with Gasteiger partial charge in [0.2, 0.25) is 0 Å². The lowest BCUT2D eigenvalue weighted by atomic mass is 10.2. The van der Waals surface area contributed by atoms with E-state index in [4.69, 9.17) is 5.26 Å². The van der Waals surface area contributed by atoms with Crippen LogP contribution in [0.15, 0.2) is 49.2 Å². The first kappa shape index (κ1) is 11.5. The van der Waals surface area contributed by atoms with Gasteiger partial charge in [0.05, 0.1) is 18.9 Å². The third kappa shape index (κ3) is 2.00. The third-order valence-electron chi connectivity index (χ3n) is 3.34. The highest BCUT2D eigenvalue weighted by Gasteiger charge is 2.12. The molecule has 2 heterocycles. The van der Waals surface area contributed by atoms with Gasteiger partial charge in [-0.3, -0.25) is 0 Å². The molecule has 1 aromatic carbocycles. The van der Waals surface area contributed by atoms with Crippen molar-refractivity contribution < 1.29 is 0 Å². The predicted octanol–water partition coefficient (Wildman–Crippen LogP) is 2.97. The summed E-state index contributed by atoms with van der Waals surface area (Å²) in [6, 6.07) is 10.3. The molecule has 0 bridgehead atoms. The maximum Gasteiger partial charge on any atom is 0.118 e. The van der Waals surface area contributed by atoms with Crippen LogP contribution in [0.1, 0.15) is 18.5 Å². The second kappa shape index (κ2) is 4.62. The molecule has 1 unspecified atom stereocenters. The maximum atomic E-state index is 9.13. The van der Waals surface area contributed by atoms with Crippen molar-refractivity contribution >= 4 is 10.9 Å². The monoisotopic (exact) mass is 250 g/mol. The fraction of sp³-hybridized carbons (Fsp3) is 0.200. The fourth-order valence-corrected chi connectivity index (χ4v) is 2.36. The summed E-state index contributed by atoms with van der Waals surface area (Å²) in [4.78, 5) is 4.06. The molecule has 94 valence electrons. The first-order valence-electron chi connectivity index (χ1n) is 6.23. The van der Waals surface area contributed by atoms with E-state index >= 15 is 0 Å². The van der Waals surface area contributed by atoms with E-state index < -0.39 is 0 Å². The number of imidazole rings is 1. The Labute approximate surface area is 111 Å². The number of fused-ring (bicyclic) bond motifs is 1. The molecule has 0 fully saturated rings. The van der Waals surface area contributed by atoms with Gasteiger partial charge in [0.1, 0.15) is 6.04 Å². The topological polar surface area (TPSA) is 46.5 Å². The van der Waals surface area contributed by atoms with Crippen LogP contribution in [0.5, 0.6) is 0 Å². The Morgan fingerprint density at radius 1 is 1.37 bits per heavy atom. The Morgan fingerprint density at radius 3 is 2.95 bits per heavy atom. The van der Waals surface area contributed by atoms with Crippen molar-refractivity contribution in [1.29, 1.82) is 5.26 Å². The first-order valence-corrected chi connectivity index (χ1v) is 6.23. The van der Waals surface area contributed by atoms with Gasteiger partial charge in [-0.25, -0.2) is 4.98 Å². The number of para-hydroxylation sites is 1. The molecule has 0 amide bonds. The largest absolute Gasteiger partial charge is 0.333 e. The maximum absolute atomic E-state index is 9.13. The number of nitrogens with zero attached hydrogens (tertiary/aromatic N) is 4. The second-order valence-corrected chi connectivity index (χ2v) is 4.62. The predicted molar refractivity (Wildman–Crippen MR) is 73.6 cm³/mol. The molecule has 0 saturated heterocycles. The van der Waals surface area contributed by atoms with E-state index in [0.717, 1.165) is 12.1 Å². The lowest BCUT2D eigenvalue weighted by Gasteiger charge is -2.05. The van der Waals surface area contributed by atoms with E-state index in [9.17, 15) is 0 Å². The fourth-order valence-electron chi connectivity index (χ4n) is 2.36. The summed E-state index contributed by atoms with van der Waals surface area (Å²) in [6.45, 7) is 2.68. The van der Waals surface area contributed by atoms with Crippen molar-refractivity contribution in [2.75, 3.05) is 0 Å². The number of hydrogen-bond donors (Lipinski definition) is 0. The molecule has 19 heavy (non-hydrogen) atoms. The van der Waals surface area contributed by atoms with E-state index in [2.05, 4.69) is 29.4 Å². The molecular formula is C15H14N4. The molecule has 4 heteroatoms. The summed E-state index contributed by atoms with van der Waals surface area (Å²) in [5, 5.41) is 10.3. The van der Waals surface area contributed by atoms with Gasteiger partial charge < -0.3 is 9.13 Å². The second-order valence-electron chi connectivity index (χ2n) is 4.62. The van der Waals surface area contributed by atoms with Crippen LogP contribution in [-0.2, 0) is 6.54 Å². The van der Waals surface area contributed by atoms with Crippen LogP contribution in [0.3, 0.4) is 0 Å². The zero-order valence-electron chi connectivity index (χ0n) is 10.7. The van der Waals surface area contributed by atoms with E-state index in [1.54, 1.807) is 12.5 Å². The number of nitriles is 1. The van der Waals surface area contributed by atoms with Gasteiger partial charge in [-0.1, -0.05) is 18.2 Å². The highest BCUT2D eigenvalue weighted by Crippen LogP contribution is 2.25. The Morgan fingerprint density at radius 2 is 2.21 bits per heavy atom. The number of hydrogen-bond acceptors (Lipinski definition) is 2. The zero-order chi connectivity index (χ0) is 13.2. The quantitative estimate of drug-likeness (QED) is 0.717. The van der Waals surface area contributed by atoms with Crippen molar-refractivity contribution in [3.05, 3.63) is 54.7 Å². The van der Waals surface area contributed by atoms with Crippen molar-refractivity contribution in [3.63, 3.8) is 0 Å². The molecular weight excluding hydrogens is 236 g/mol. The van der Waals surface area contributed by atoms with Crippen LogP contribution in [0, 0.1) is 11.3 Å². The summed E-state index contributed by atoms with van der Waals surface area (Å²) in [7, 11) is 0. The van der Waals surface area contributed by atoms with Crippen molar-refractivity contribution in [2.45, 2.75) is 19.5 Å². The molecule has 0 saturated carbocycles. The highest BCUT2D eigenvalue weighted by atomic mass is 15.0. The lowest BCUT2D eigenvalue weighted by Crippen LogP contribution is -2.00. The summed E-state index contributed by atoms with van der Waals surface area (Å²) in [5.41, 5.74) is 2.31. The van der Waals surface area contributed by atoms with Crippen molar-refractivity contribution in [2.24, 2.45) is 0 Å². The van der Waals surface area contributed by atoms with Gasteiger partial charge in [0.25, 0.3) is 0 Å². The number of benzene rings is 1. The average molecular weight is 250 g/mol. The van der Waals surface area contributed by atoms with Crippen molar-refractivity contribution in [3.8, 4) is 6.07 Å². The van der Waals surface area contributed by atoms with Gasteiger partial charge in [-0.15, -0.1) is 0 Å². The molecule has 3 rings (SSSR count). The van der Waals surface area contributed by atoms with Crippen LogP contribution < -0.4 is 0 Å². The third-order valence-corrected chi connectivity index (χ3v) is 3.34. The summed E-state index contributed by atoms with van der Waals surface area (Å²) in [6.07, 6.45) is 7.59. The highest BCUT2D eigenvalue weighted by molar-refractivity contribution is 5.84. The van der Waals surface area contributed by atoms with Gasteiger partial charge in [-0.05, 0) is 18.6 Å². The van der Waals surface area contributed by atoms with E-state index in [1.807, 2.05) is 34.4 Å². The molecule has 4 nitrogen and oxygen atoms in total. The SMILES string of the molecule is CC(C#N)n1cc(Cn2ccnc2)c2ccccc21. The minimum Gasteiger partial charge on any atom is -0.333 e. The Balaban J connectivity index is 2.12. The average Bonchev–Trinajstić information content (AvgIpc) is 3.07. The molecule has 0 aliphatic carbocycles. The Hall–Kier alpha value is -2.54. The first-order chi connectivity index (χ1) is 9.29. The van der Waals surface area contributed by atoms with E-state index in [-0.39, 0.29) is 6.04 Å². The van der Waals surface area contributed by atoms with Crippen LogP contribution in [0.25, 0.3) is 10.9 Å². The molecule has 0 N–H and O–H groups in total. The van der Waals surface area contributed by atoms with Crippen LogP contribution in [-0.4, -0.2) is 14.1 Å². The molecule has 3 aromatic rings. The van der Waals surface area contributed by atoms with Gasteiger partial charge in [-0.2, -0.15) is 5.26 Å². The van der Waals surface area contributed by atoms with Crippen molar-refractivity contribution in [1.82, 2.24) is 14.1 Å². The summed E-state index contributed by atoms with van der Waals surface area (Å²) >= 11 is 0. The summed E-state index contributed by atoms with van der Waals surface area (Å²) in [5.74, 6) is 0. The smallest absolute Gasteiger partial charge is 0.118 e. The molecule has 0 aliphatic heterocycles. The van der Waals surface area contributed by atoms with Crippen LogP contribution in [0.4, 0.5) is 0 Å². The molecule has 1 atom stereocenters. The molecule has 0 aliphatic rings. The van der Waals surface area contributed by atoms with Gasteiger partial charge in [0, 0.05) is 29.5 Å². The molecule has 0 spiro atoms. The summed E-state index contributed by atoms with van der Waals surface area (Å²) < 4.78 is 4.06. The lowest BCUT2D eigenvalue weighted by molar-refractivity contribution is 0.693. The molecule has 2 aromatic heterocycles. The Kier molecular flexibility index (Phi) is 2.81. The molecule has 0 radical (unpaired) electrons. The van der Waals surface area contributed by atoms with Crippen LogP contribution >= 0.6 is 0 Å². The van der Waals surface area contributed by atoms with E-state index in [1.165, 1.54) is 10.9 Å². The normalized spacial score (nSPS) is 12.4. The van der Waals surface area contributed by atoms with Gasteiger partial charge in [0.15, 0.2) is 0 Å². The van der Waals surface area contributed by atoms with E-state index in [0.29, 0.717) is 0 Å². The van der Waals surface area contributed by atoms with Crippen LogP contribution in [0.2, 0.25) is 0 Å². The van der Waals surface area contributed by atoms with Gasteiger partial charge >= 0.3 is 0 Å². The standard InChI is InChI=1S/C15H14N4/c1-12(8-16)19-10-13(9-18-7-6-17-11-18)14-4-2-3-5-15(14)19/h2-7,10-12H,9H2,1H3.